The first-order valence-corrected chi connectivity index (χ1v) is 21.9. The van der Waals surface area contributed by atoms with Gasteiger partial charge in [0.1, 0.15) is 23.7 Å². The van der Waals surface area contributed by atoms with Gasteiger partial charge in [0.2, 0.25) is 11.8 Å². The van der Waals surface area contributed by atoms with E-state index in [0.29, 0.717) is 39.1 Å². The molecule has 8 rings (SSSR count). The number of fused-ring (bicyclic) bond motifs is 3. The van der Waals surface area contributed by atoms with Gasteiger partial charge in [-0.05, 0) is 105 Å². The average molecular weight is 845 g/mol. The minimum Gasteiger partial charge on any atom is -0.453 e. The number of aryl methyl sites for hydroxylation is 2. The standard InChI is InChI=1S/C47H56N8O7/c1-28(2)39(52-46(58)60-3)44(56)55-23-7-11-38(55)43-49-35-9-5-8-33-26-30(16-19-34(33)41(35)51-43)13-12-29-14-17-31(18-15-29)36-27-48-42(50-36)37-10-6-22-54(37)45(57)40(53-47(59)61-4)32-20-24-62-25-21-32/h14-19,26-28,32,37-40H,5-11,20-25H2,1-4H3,(H,48,50)(H,49,51)(H,52,58)(H,53,59)/t37?,38-,39-,40-/m0/s1. The maximum absolute atomic E-state index is 14.0. The van der Waals surface area contributed by atoms with Gasteiger partial charge in [0.15, 0.2) is 0 Å². The highest BCUT2D eigenvalue weighted by molar-refractivity contribution is 5.87. The number of aromatic nitrogens is 4. The van der Waals surface area contributed by atoms with Crippen molar-refractivity contribution in [3.05, 3.63) is 82.7 Å². The highest BCUT2D eigenvalue weighted by Crippen LogP contribution is 2.38. The molecule has 4 aromatic rings. The fraction of sp³-hybridized carbons (Fsp3) is 0.489. The molecule has 0 spiro atoms. The van der Waals surface area contributed by atoms with Crippen molar-refractivity contribution in [2.24, 2.45) is 11.8 Å². The van der Waals surface area contributed by atoms with Crippen LogP contribution in [0.3, 0.4) is 0 Å². The summed E-state index contributed by atoms with van der Waals surface area (Å²) in [6.07, 6.45) is 7.95. The van der Waals surface area contributed by atoms with Crippen molar-refractivity contribution in [3.63, 3.8) is 0 Å². The van der Waals surface area contributed by atoms with Crippen molar-refractivity contribution in [2.75, 3.05) is 40.5 Å². The van der Waals surface area contributed by atoms with E-state index in [9.17, 15) is 19.2 Å². The van der Waals surface area contributed by atoms with Crippen LogP contribution in [0.5, 0.6) is 0 Å². The lowest BCUT2D eigenvalue weighted by Gasteiger charge is -2.34. The zero-order chi connectivity index (χ0) is 43.3. The van der Waals surface area contributed by atoms with E-state index < -0.39 is 24.3 Å². The predicted molar refractivity (Wildman–Crippen MR) is 230 cm³/mol. The number of carbonyl (C=O) groups excluding carboxylic acids is 4. The minimum atomic E-state index is -0.687. The molecule has 15 heteroatoms. The van der Waals surface area contributed by atoms with Crippen LogP contribution in [0.25, 0.3) is 22.5 Å². The summed E-state index contributed by atoms with van der Waals surface area (Å²) in [5.74, 6) is 7.83. The third-order valence-corrected chi connectivity index (χ3v) is 12.7. The quantitative estimate of drug-likeness (QED) is 0.142. The zero-order valence-electron chi connectivity index (χ0n) is 35.9. The van der Waals surface area contributed by atoms with Crippen LogP contribution in [-0.4, -0.2) is 106 Å². The number of aromatic amines is 2. The van der Waals surface area contributed by atoms with Gasteiger partial charge in [-0.3, -0.25) is 9.59 Å². The number of imidazole rings is 2. The van der Waals surface area contributed by atoms with E-state index in [1.54, 1.807) is 6.20 Å². The molecule has 1 unspecified atom stereocenters. The van der Waals surface area contributed by atoms with Crippen LogP contribution in [0.4, 0.5) is 9.59 Å². The Labute approximate surface area is 362 Å². The lowest BCUT2D eigenvalue weighted by Crippen LogP contribution is -2.53. The Hall–Kier alpha value is -6.14. The number of methoxy groups -OCH3 is 2. The lowest BCUT2D eigenvalue weighted by molar-refractivity contribution is -0.137. The number of H-pyrrole nitrogens is 2. The zero-order valence-corrected chi connectivity index (χ0v) is 35.9. The lowest BCUT2D eigenvalue weighted by atomic mass is 9.90. The summed E-state index contributed by atoms with van der Waals surface area (Å²) in [5.41, 5.74) is 7.90. The van der Waals surface area contributed by atoms with E-state index in [2.05, 4.69) is 44.6 Å². The molecule has 5 heterocycles. The molecule has 3 aliphatic heterocycles. The second kappa shape index (κ2) is 18.9. The van der Waals surface area contributed by atoms with E-state index in [0.717, 1.165) is 95.9 Å². The first-order chi connectivity index (χ1) is 30.1. The second-order valence-corrected chi connectivity index (χ2v) is 17.0. The normalized spacial score (nSPS) is 19.7. The molecule has 326 valence electrons. The maximum Gasteiger partial charge on any atom is 0.407 e. The summed E-state index contributed by atoms with van der Waals surface area (Å²) in [5, 5.41) is 5.54. The van der Waals surface area contributed by atoms with Crippen molar-refractivity contribution in [1.29, 1.82) is 0 Å². The van der Waals surface area contributed by atoms with Gasteiger partial charge in [-0.25, -0.2) is 19.6 Å². The van der Waals surface area contributed by atoms with Crippen LogP contribution in [-0.2, 0) is 36.6 Å². The molecule has 3 fully saturated rings. The van der Waals surface area contributed by atoms with Crippen LogP contribution in [0.1, 0.15) is 105 Å². The van der Waals surface area contributed by atoms with Gasteiger partial charge in [-0.2, -0.15) is 0 Å². The average Bonchev–Trinajstić information content (AvgIpc) is 4.13. The fourth-order valence-corrected chi connectivity index (χ4v) is 9.39. The summed E-state index contributed by atoms with van der Waals surface area (Å²) in [6.45, 7) is 6.14. The van der Waals surface area contributed by atoms with Gasteiger partial charge in [0.05, 0.1) is 43.9 Å². The number of ether oxygens (including phenoxy) is 3. The Morgan fingerprint density at radius 3 is 2.16 bits per heavy atom. The Bertz CT molecular complexity index is 2340. The number of rotatable bonds is 9. The van der Waals surface area contributed by atoms with Crippen molar-refractivity contribution in [1.82, 2.24) is 40.4 Å². The van der Waals surface area contributed by atoms with Crippen molar-refractivity contribution in [3.8, 4) is 34.4 Å². The highest BCUT2D eigenvalue weighted by Gasteiger charge is 2.41. The number of hydrogen-bond donors (Lipinski definition) is 4. The molecule has 15 nitrogen and oxygen atoms in total. The molecule has 4 atom stereocenters. The Morgan fingerprint density at radius 1 is 0.790 bits per heavy atom. The summed E-state index contributed by atoms with van der Waals surface area (Å²) >= 11 is 0. The first kappa shape index (κ1) is 42.5. The van der Waals surface area contributed by atoms with Crippen LogP contribution >= 0.6 is 0 Å². The molecule has 0 bridgehead atoms. The fourth-order valence-electron chi connectivity index (χ4n) is 9.39. The number of amides is 4. The third-order valence-electron chi connectivity index (χ3n) is 12.7. The summed E-state index contributed by atoms with van der Waals surface area (Å²) in [4.78, 5) is 72.6. The topological polar surface area (TPSA) is 184 Å². The highest BCUT2D eigenvalue weighted by atomic mass is 16.5. The summed E-state index contributed by atoms with van der Waals surface area (Å²) < 4.78 is 15.2. The molecule has 1 aliphatic carbocycles. The largest absolute Gasteiger partial charge is 0.453 e. The van der Waals surface area contributed by atoms with E-state index in [4.69, 9.17) is 24.2 Å². The maximum atomic E-state index is 14.0. The van der Waals surface area contributed by atoms with Crippen LogP contribution < -0.4 is 10.6 Å². The molecule has 0 radical (unpaired) electrons. The first-order valence-electron chi connectivity index (χ1n) is 21.9. The Morgan fingerprint density at radius 2 is 1.45 bits per heavy atom. The van der Waals surface area contributed by atoms with Crippen molar-refractivity contribution in [2.45, 2.75) is 95.8 Å². The smallest absolute Gasteiger partial charge is 0.407 e. The number of benzene rings is 2. The summed E-state index contributed by atoms with van der Waals surface area (Å²) in [7, 11) is 2.61. The molecule has 0 saturated carbocycles. The second-order valence-electron chi connectivity index (χ2n) is 17.0. The number of hydrogen-bond acceptors (Lipinski definition) is 9. The van der Waals surface area contributed by atoms with E-state index >= 15 is 0 Å². The van der Waals surface area contributed by atoms with Gasteiger partial charge in [0.25, 0.3) is 0 Å². The van der Waals surface area contributed by atoms with E-state index in [1.165, 1.54) is 19.8 Å². The molecule has 62 heavy (non-hydrogen) atoms. The van der Waals surface area contributed by atoms with Gasteiger partial charge in [-0.1, -0.05) is 43.9 Å². The molecular formula is C47H56N8O7. The van der Waals surface area contributed by atoms with Crippen LogP contribution in [0.15, 0.2) is 48.7 Å². The van der Waals surface area contributed by atoms with Gasteiger partial charge in [-0.15, -0.1) is 0 Å². The predicted octanol–water partition coefficient (Wildman–Crippen LogP) is 6.21. The molecular weight excluding hydrogens is 789 g/mol. The van der Waals surface area contributed by atoms with Gasteiger partial charge >= 0.3 is 12.2 Å². The Balaban J connectivity index is 0.937. The van der Waals surface area contributed by atoms with Gasteiger partial charge < -0.3 is 44.6 Å². The molecule has 4 N–H and O–H groups in total. The Kier molecular flexibility index (Phi) is 12.9. The van der Waals surface area contributed by atoms with Crippen molar-refractivity contribution >= 4 is 24.0 Å². The van der Waals surface area contributed by atoms with Gasteiger partial charge in [0, 0.05) is 48.7 Å². The van der Waals surface area contributed by atoms with Crippen LogP contribution in [0.2, 0.25) is 0 Å². The number of alkyl carbamates (subject to hydrolysis) is 2. The SMILES string of the molecule is COC(=O)N[C@H](C(=O)N1CCC[C@H]1c1nc2c([nH]1)CCCc1cc(C#Cc3ccc(-c4cnc(C5CCCN5C(=O)[C@@H](NC(=O)OC)C5CCOCC5)[nH]4)cc3)ccc1-2)C(C)C. The van der Waals surface area contributed by atoms with E-state index in [1.807, 2.05) is 54.0 Å². The monoisotopic (exact) mass is 844 g/mol. The number of likely N-dealkylation sites (tertiary alicyclic amines) is 2. The number of carbonyl (C=O) groups is 4. The molecule has 2 aromatic carbocycles. The van der Waals surface area contributed by atoms with E-state index in [-0.39, 0.29) is 35.7 Å². The third kappa shape index (κ3) is 9.06. The van der Waals surface area contributed by atoms with Crippen LogP contribution in [0, 0.1) is 23.7 Å². The summed E-state index contributed by atoms with van der Waals surface area (Å²) in [6, 6.07) is 12.6. The molecule has 4 aliphatic rings. The molecule has 4 amide bonds. The number of nitrogens with zero attached hydrogens (tertiary/aromatic N) is 4. The molecule has 3 saturated heterocycles. The number of nitrogens with one attached hydrogen (secondary N) is 4. The van der Waals surface area contributed by atoms with Crippen molar-refractivity contribution < 1.29 is 33.4 Å². The minimum absolute atomic E-state index is 0.0284. The molecule has 2 aromatic heterocycles.